The molecule has 0 atom stereocenters. The third-order valence-electron chi connectivity index (χ3n) is 5.66. The summed E-state index contributed by atoms with van der Waals surface area (Å²) in [5.74, 6) is 0.106. The van der Waals surface area contributed by atoms with Gasteiger partial charge in [-0.05, 0) is 31.4 Å². The van der Waals surface area contributed by atoms with Crippen LogP contribution in [-0.2, 0) is 16.1 Å². The van der Waals surface area contributed by atoms with Crippen molar-refractivity contribution in [2.45, 2.75) is 38.8 Å². The van der Waals surface area contributed by atoms with E-state index < -0.39 is 0 Å². The second-order valence-corrected chi connectivity index (χ2v) is 7.96. The first-order valence-electron chi connectivity index (χ1n) is 10.3. The Labute approximate surface area is 169 Å². The molecule has 1 saturated carbocycles. The Bertz CT molecular complexity index is 974. The van der Waals surface area contributed by atoms with Crippen molar-refractivity contribution in [3.63, 3.8) is 0 Å². The molecule has 154 valence electrons. The highest BCUT2D eigenvalue weighted by Crippen LogP contribution is 2.18. The maximum Gasteiger partial charge on any atom is 0.261 e. The van der Waals surface area contributed by atoms with E-state index in [0.29, 0.717) is 56.2 Å². The molecule has 2 aliphatic rings. The first kappa shape index (κ1) is 19.6. The third-order valence-corrected chi connectivity index (χ3v) is 5.66. The average Bonchev–Trinajstić information content (AvgIpc) is 3.52. The first-order valence-corrected chi connectivity index (χ1v) is 10.3. The second kappa shape index (κ2) is 8.32. The monoisotopic (exact) mass is 397 g/mol. The van der Waals surface area contributed by atoms with Gasteiger partial charge in [0.1, 0.15) is 0 Å². The number of hydrogen-bond donors (Lipinski definition) is 1. The van der Waals surface area contributed by atoms with Gasteiger partial charge in [-0.15, -0.1) is 0 Å². The number of aromatic nitrogens is 2. The van der Waals surface area contributed by atoms with E-state index in [1.54, 1.807) is 6.07 Å². The molecule has 1 aromatic carbocycles. The lowest BCUT2D eigenvalue weighted by Gasteiger charge is -2.34. The Hall–Kier alpha value is -2.74. The molecule has 8 nitrogen and oxygen atoms in total. The topological polar surface area (TPSA) is 87.5 Å². The third kappa shape index (κ3) is 4.64. The van der Waals surface area contributed by atoms with Crippen LogP contribution in [0.5, 0.6) is 0 Å². The number of piperazine rings is 1. The molecule has 1 N–H and O–H groups in total. The maximum absolute atomic E-state index is 12.6. The summed E-state index contributed by atoms with van der Waals surface area (Å²) in [6.07, 6.45) is 3.97. The molecule has 0 unspecified atom stereocenters. The van der Waals surface area contributed by atoms with Crippen molar-refractivity contribution in [1.29, 1.82) is 0 Å². The van der Waals surface area contributed by atoms with Gasteiger partial charge in [-0.2, -0.15) is 0 Å². The van der Waals surface area contributed by atoms with Crippen LogP contribution in [0.4, 0.5) is 0 Å². The lowest BCUT2D eigenvalue weighted by atomic mass is 10.1. The molecular weight excluding hydrogens is 370 g/mol. The number of hydrogen-bond acceptors (Lipinski definition) is 5. The van der Waals surface area contributed by atoms with Crippen molar-refractivity contribution in [3.8, 4) is 0 Å². The lowest BCUT2D eigenvalue weighted by Crippen LogP contribution is -2.51. The predicted octanol–water partition coefficient (Wildman–Crippen LogP) is 0.518. The van der Waals surface area contributed by atoms with Crippen LogP contribution < -0.4 is 10.9 Å². The molecule has 29 heavy (non-hydrogen) atoms. The summed E-state index contributed by atoms with van der Waals surface area (Å²) < 4.78 is 1.51. The van der Waals surface area contributed by atoms with Crippen LogP contribution in [0.1, 0.15) is 24.8 Å². The molecule has 2 heterocycles. The van der Waals surface area contributed by atoms with Gasteiger partial charge in [-0.25, -0.2) is 4.98 Å². The number of nitrogens with zero attached hydrogens (tertiary/aromatic N) is 4. The maximum atomic E-state index is 12.6. The summed E-state index contributed by atoms with van der Waals surface area (Å²) in [4.78, 5) is 45.4. The van der Waals surface area contributed by atoms with Gasteiger partial charge >= 0.3 is 0 Å². The van der Waals surface area contributed by atoms with E-state index in [-0.39, 0.29) is 23.8 Å². The number of amides is 2. The Morgan fingerprint density at radius 3 is 2.66 bits per heavy atom. The van der Waals surface area contributed by atoms with Crippen LogP contribution in [0, 0.1) is 6.92 Å². The zero-order valence-electron chi connectivity index (χ0n) is 16.8. The zero-order valence-corrected chi connectivity index (χ0v) is 16.8. The highest BCUT2D eigenvalue weighted by molar-refractivity contribution is 5.80. The minimum Gasteiger partial charge on any atom is -0.352 e. The van der Waals surface area contributed by atoms with E-state index in [2.05, 4.69) is 15.2 Å². The highest BCUT2D eigenvalue weighted by Gasteiger charge is 2.26. The molecule has 8 heteroatoms. The summed E-state index contributed by atoms with van der Waals surface area (Å²) in [5, 5.41) is 3.58. The van der Waals surface area contributed by atoms with Crippen LogP contribution in [0.2, 0.25) is 0 Å². The van der Waals surface area contributed by atoms with E-state index in [1.165, 1.54) is 10.9 Å². The van der Waals surface area contributed by atoms with E-state index in [1.807, 2.05) is 24.0 Å². The average molecular weight is 397 g/mol. The van der Waals surface area contributed by atoms with Crippen LogP contribution in [0.3, 0.4) is 0 Å². The molecule has 0 radical (unpaired) electrons. The molecule has 1 saturated heterocycles. The predicted molar refractivity (Wildman–Crippen MR) is 110 cm³/mol. The van der Waals surface area contributed by atoms with Crippen molar-refractivity contribution in [2.24, 2.45) is 0 Å². The van der Waals surface area contributed by atoms with Crippen LogP contribution in [0.25, 0.3) is 10.9 Å². The minimum absolute atomic E-state index is 0.0309. The second-order valence-electron chi connectivity index (χ2n) is 7.96. The Kier molecular flexibility index (Phi) is 5.62. The normalized spacial score (nSPS) is 17.5. The fraction of sp³-hybridized carbons (Fsp3) is 0.524. The number of rotatable bonds is 6. The van der Waals surface area contributed by atoms with Gasteiger partial charge < -0.3 is 10.2 Å². The van der Waals surface area contributed by atoms with Gasteiger partial charge in [0.05, 0.1) is 23.8 Å². The number of para-hydroxylation sites is 1. The Morgan fingerprint density at radius 1 is 1.17 bits per heavy atom. The molecule has 0 spiro atoms. The molecule has 1 aliphatic carbocycles. The number of nitrogens with one attached hydrogen (secondary N) is 1. The zero-order chi connectivity index (χ0) is 20.4. The van der Waals surface area contributed by atoms with E-state index in [0.717, 1.165) is 18.4 Å². The fourth-order valence-electron chi connectivity index (χ4n) is 3.73. The summed E-state index contributed by atoms with van der Waals surface area (Å²) in [6.45, 7) is 5.26. The SMILES string of the molecule is Cc1cccc2c(=O)n(CCC(=O)N3CCN(CC(=O)NC4CC4)CC3)cnc12. The molecule has 2 aromatic rings. The van der Waals surface area contributed by atoms with Gasteiger partial charge in [0, 0.05) is 45.2 Å². The highest BCUT2D eigenvalue weighted by atomic mass is 16.2. The number of benzene rings is 1. The number of fused-ring (bicyclic) bond motifs is 1. The largest absolute Gasteiger partial charge is 0.352 e. The van der Waals surface area contributed by atoms with Gasteiger partial charge in [-0.1, -0.05) is 12.1 Å². The van der Waals surface area contributed by atoms with Crippen LogP contribution in [0.15, 0.2) is 29.3 Å². The van der Waals surface area contributed by atoms with Crippen LogP contribution >= 0.6 is 0 Å². The first-order chi connectivity index (χ1) is 14.0. The van der Waals surface area contributed by atoms with Gasteiger partial charge in [0.25, 0.3) is 5.56 Å². The summed E-state index contributed by atoms with van der Waals surface area (Å²) in [6, 6.07) is 5.93. The number of aryl methyl sites for hydroxylation is 2. The lowest BCUT2D eigenvalue weighted by molar-refractivity contribution is -0.133. The molecule has 2 amide bonds. The smallest absolute Gasteiger partial charge is 0.261 e. The minimum atomic E-state index is -0.113. The fourth-order valence-corrected chi connectivity index (χ4v) is 3.73. The molecule has 1 aromatic heterocycles. The van der Waals surface area contributed by atoms with Crippen LogP contribution in [-0.4, -0.2) is 69.9 Å². The van der Waals surface area contributed by atoms with Crippen molar-refractivity contribution < 1.29 is 9.59 Å². The van der Waals surface area contributed by atoms with Crippen molar-refractivity contribution in [2.75, 3.05) is 32.7 Å². The quantitative estimate of drug-likeness (QED) is 0.768. The molecule has 0 bridgehead atoms. The molecule has 1 aliphatic heterocycles. The summed E-state index contributed by atoms with van der Waals surface area (Å²) in [7, 11) is 0. The van der Waals surface area contributed by atoms with Gasteiger partial charge in [0.15, 0.2) is 0 Å². The Morgan fingerprint density at radius 2 is 1.93 bits per heavy atom. The van der Waals surface area contributed by atoms with E-state index in [9.17, 15) is 14.4 Å². The van der Waals surface area contributed by atoms with Crippen molar-refractivity contribution in [3.05, 3.63) is 40.4 Å². The van der Waals surface area contributed by atoms with Gasteiger partial charge in [-0.3, -0.25) is 23.9 Å². The standard InChI is InChI=1S/C21H27N5O3/c1-15-3-2-4-17-20(15)22-14-26(21(17)29)8-7-19(28)25-11-9-24(10-12-25)13-18(27)23-16-5-6-16/h2-4,14,16H,5-13H2,1H3,(H,23,27). The molecule has 2 fully saturated rings. The molecular formula is C21H27N5O3. The summed E-state index contributed by atoms with van der Waals surface area (Å²) >= 11 is 0. The van der Waals surface area contributed by atoms with Crippen molar-refractivity contribution >= 4 is 22.7 Å². The van der Waals surface area contributed by atoms with Crippen molar-refractivity contribution in [1.82, 2.24) is 24.7 Å². The Balaban J connectivity index is 1.28. The summed E-state index contributed by atoms with van der Waals surface area (Å²) in [5.41, 5.74) is 1.56. The van der Waals surface area contributed by atoms with E-state index in [4.69, 9.17) is 0 Å². The molecule has 4 rings (SSSR count). The number of carbonyl (C=O) groups is 2. The van der Waals surface area contributed by atoms with E-state index >= 15 is 0 Å². The van der Waals surface area contributed by atoms with Gasteiger partial charge in [0.2, 0.25) is 11.8 Å². The number of carbonyl (C=O) groups excluding carboxylic acids is 2.